The van der Waals surface area contributed by atoms with Crippen molar-refractivity contribution in [2.24, 2.45) is 0 Å². The number of phenolic OH excluding ortho intramolecular Hbond substituents is 1. The van der Waals surface area contributed by atoms with Crippen LogP contribution in [-0.4, -0.2) is 22.6 Å². The Hall–Kier alpha value is -1.44. The van der Waals surface area contributed by atoms with Gasteiger partial charge in [-0.25, -0.2) is 0 Å². The lowest BCUT2D eigenvalue weighted by atomic mass is 9.87. The minimum absolute atomic E-state index is 0.201. The molecule has 0 saturated heterocycles. The Morgan fingerprint density at radius 1 is 0.842 bits per heavy atom. The van der Waals surface area contributed by atoms with Crippen LogP contribution >= 0.6 is 0 Å². The van der Waals surface area contributed by atoms with E-state index in [1.165, 1.54) is 0 Å². The van der Waals surface area contributed by atoms with Gasteiger partial charge in [0.2, 0.25) is 0 Å². The summed E-state index contributed by atoms with van der Waals surface area (Å²) in [5.74, 6) is -0.451. The molecule has 0 spiro atoms. The summed E-state index contributed by atoms with van der Waals surface area (Å²) in [6.45, 7) is 2.07. The van der Waals surface area contributed by atoms with Gasteiger partial charge in [-0.1, -0.05) is 0 Å². The van der Waals surface area contributed by atoms with E-state index in [0.29, 0.717) is 6.07 Å². The number of halogens is 6. The van der Waals surface area contributed by atoms with E-state index in [9.17, 15) is 36.6 Å². The van der Waals surface area contributed by atoms with Gasteiger partial charge in [-0.05, 0) is 37.1 Å². The van der Waals surface area contributed by atoms with E-state index in [-0.39, 0.29) is 5.56 Å². The molecular weight excluding hydrogens is 278 g/mol. The van der Waals surface area contributed by atoms with Crippen LogP contribution in [0.1, 0.15) is 16.7 Å². The van der Waals surface area contributed by atoms with Gasteiger partial charge < -0.3 is 10.2 Å². The molecule has 0 aromatic heterocycles. The van der Waals surface area contributed by atoms with Gasteiger partial charge in [-0.15, -0.1) is 0 Å². The predicted molar refractivity (Wildman–Crippen MR) is 53.6 cm³/mol. The largest absolute Gasteiger partial charge is 0.508 e. The predicted octanol–water partition coefficient (Wildman–Crippen LogP) is 3.32. The van der Waals surface area contributed by atoms with E-state index < -0.39 is 34.8 Å². The Morgan fingerprint density at radius 3 is 1.63 bits per heavy atom. The van der Waals surface area contributed by atoms with Crippen LogP contribution in [0.25, 0.3) is 0 Å². The van der Waals surface area contributed by atoms with Crippen molar-refractivity contribution in [3.05, 3.63) is 28.8 Å². The fourth-order valence-corrected chi connectivity index (χ4v) is 1.66. The zero-order valence-corrected chi connectivity index (χ0v) is 9.82. The number of phenols is 1. The lowest BCUT2D eigenvalue weighted by Crippen LogP contribution is -2.54. The standard InChI is InChI=1S/C11H10F6O2/c1-5-4-8(18)6(2)3-7(5)9(19,10(12,13)14)11(15,16)17/h3-4,18-19H,1-2H3. The molecule has 0 bridgehead atoms. The highest BCUT2D eigenvalue weighted by molar-refractivity contribution is 5.44. The number of hydrogen-bond donors (Lipinski definition) is 2. The van der Waals surface area contributed by atoms with Crippen LogP contribution < -0.4 is 0 Å². The number of hydrogen-bond acceptors (Lipinski definition) is 2. The van der Waals surface area contributed by atoms with Gasteiger partial charge in [0, 0.05) is 5.56 Å². The highest BCUT2D eigenvalue weighted by atomic mass is 19.4. The van der Waals surface area contributed by atoms with Crippen molar-refractivity contribution in [3.8, 4) is 5.75 Å². The second-order valence-electron chi connectivity index (χ2n) is 4.16. The highest BCUT2D eigenvalue weighted by Gasteiger charge is 2.71. The first-order valence-corrected chi connectivity index (χ1v) is 4.99. The molecule has 0 fully saturated rings. The summed E-state index contributed by atoms with van der Waals surface area (Å²) in [5.41, 5.74) is -7.03. The van der Waals surface area contributed by atoms with Gasteiger partial charge in [0.05, 0.1) is 0 Å². The van der Waals surface area contributed by atoms with Crippen LogP contribution in [0.2, 0.25) is 0 Å². The molecule has 0 aliphatic heterocycles. The molecule has 0 saturated carbocycles. The Labute approximate surface area is 104 Å². The third-order valence-corrected chi connectivity index (χ3v) is 2.75. The Morgan fingerprint density at radius 2 is 1.26 bits per heavy atom. The van der Waals surface area contributed by atoms with E-state index in [1.54, 1.807) is 0 Å². The summed E-state index contributed by atoms with van der Waals surface area (Å²) in [4.78, 5) is 0. The van der Waals surface area contributed by atoms with Crippen molar-refractivity contribution in [3.63, 3.8) is 0 Å². The van der Waals surface area contributed by atoms with Crippen LogP contribution in [0.5, 0.6) is 5.75 Å². The molecule has 1 aromatic rings. The summed E-state index contributed by atoms with van der Waals surface area (Å²) in [5, 5.41) is 18.5. The molecule has 2 nitrogen and oxygen atoms in total. The van der Waals surface area contributed by atoms with Crippen molar-refractivity contribution in [2.75, 3.05) is 0 Å². The van der Waals surface area contributed by atoms with Gasteiger partial charge >= 0.3 is 12.4 Å². The second-order valence-corrected chi connectivity index (χ2v) is 4.16. The third-order valence-electron chi connectivity index (χ3n) is 2.75. The first-order chi connectivity index (χ1) is 8.32. The molecule has 108 valence electrons. The monoisotopic (exact) mass is 288 g/mol. The minimum Gasteiger partial charge on any atom is -0.508 e. The molecule has 19 heavy (non-hydrogen) atoms. The maximum absolute atomic E-state index is 12.7. The zero-order valence-electron chi connectivity index (χ0n) is 9.82. The van der Waals surface area contributed by atoms with Crippen LogP contribution in [0.4, 0.5) is 26.3 Å². The fraction of sp³-hybridized carbons (Fsp3) is 0.455. The van der Waals surface area contributed by atoms with Crippen LogP contribution in [-0.2, 0) is 5.60 Å². The molecule has 2 N–H and O–H groups in total. The number of aliphatic hydroxyl groups is 1. The second kappa shape index (κ2) is 4.29. The SMILES string of the molecule is Cc1cc(C(O)(C(F)(F)F)C(F)(F)F)c(C)cc1O. The Kier molecular flexibility index (Phi) is 3.53. The number of alkyl halides is 6. The molecule has 0 aliphatic carbocycles. The topological polar surface area (TPSA) is 40.5 Å². The van der Waals surface area contributed by atoms with Crippen molar-refractivity contribution in [1.29, 1.82) is 0 Å². The summed E-state index contributed by atoms with van der Waals surface area (Å²) >= 11 is 0. The zero-order chi connectivity index (χ0) is 15.2. The normalized spacial score (nSPS) is 13.7. The maximum atomic E-state index is 12.7. The molecule has 0 amide bonds. The van der Waals surface area contributed by atoms with Gasteiger partial charge in [0.15, 0.2) is 0 Å². The smallest absolute Gasteiger partial charge is 0.430 e. The lowest BCUT2D eigenvalue weighted by molar-refractivity contribution is -0.376. The molecule has 1 rings (SSSR count). The summed E-state index contributed by atoms with van der Waals surface area (Å²) in [7, 11) is 0. The van der Waals surface area contributed by atoms with Gasteiger partial charge in [0.1, 0.15) is 5.75 Å². The summed E-state index contributed by atoms with van der Waals surface area (Å²) in [6, 6.07) is 1.22. The van der Waals surface area contributed by atoms with E-state index in [2.05, 4.69) is 0 Å². The van der Waals surface area contributed by atoms with E-state index in [4.69, 9.17) is 0 Å². The molecule has 0 heterocycles. The quantitative estimate of drug-likeness (QED) is 0.778. The highest BCUT2D eigenvalue weighted by Crippen LogP contribution is 2.51. The number of benzene rings is 1. The fourth-order valence-electron chi connectivity index (χ4n) is 1.66. The number of aromatic hydroxyl groups is 1. The third kappa shape index (κ3) is 2.36. The molecule has 0 unspecified atom stereocenters. The van der Waals surface area contributed by atoms with Gasteiger partial charge in [-0.2, -0.15) is 26.3 Å². The maximum Gasteiger partial charge on any atom is 0.430 e. The van der Waals surface area contributed by atoms with Crippen molar-refractivity contribution >= 4 is 0 Å². The van der Waals surface area contributed by atoms with E-state index in [1.807, 2.05) is 0 Å². The van der Waals surface area contributed by atoms with Crippen molar-refractivity contribution < 1.29 is 36.6 Å². The molecule has 0 atom stereocenters. The van der Waals surface area contributed by atoms with E-state index in [0.717, 1.165) is 19.9 Å². The molecule has 8 heteroatoms. The Bertz CT molecular complexity index is 475. The van der Waals surface area contributed by atoms with Gasteiger partial charge in [-0.3, -0.25) is 0 Å². The molecule has 0 aliphatic rings. The van der Waals surface area contributed by atoms with E-state index >= 15 is 0 Å². The van der Waals surface area contributed by atoms with Crippen LogP contribution in [0, 0.1) is 13.8 Å². The van der Waals surface area contributed by atoms with Crippen LogP contribution in [0.15, 0.2) is 12.1 Å². The number of rotatable bonds is 1. The average Bonchev–Trinajstić information content (AvgIpc) is 2.19. The van der Waals surface area contributed by atoms with Crippen LogP contribution in [0.3, 0.4) is 0 Å². The Balaban J connectivity index is 3.66. The average molecular weight is 288 g/mol. The van der Waals surface area contributed by atoms with Crippen molar-refractivity contribution in [2.45, 2.75) is 31.8 Å². The summed E-state index contributed by atoms with van der Waals surface area (Å²) < 4.78 is 76.0. The summed E-state index contributed by atoms with van der Waals surface area (Å²) in [6.07, 6.45) is -11.9. The lowest BCUT2D eigenvalue weighted by Gasteiger charge is -2.34. The van der Waals surface area contributed by atoms with Crippen molar-refractivity contribution in [1.82, 2.24) is 0 Å². The molecule has 0 radical (unpaired) electrons. The first-order valence-electron chi connectivity index (χ1n) is 4.99. The minimum atomic E-state index is -5.93. The first kappa shape index (κ1) is 15.6. The molecular formula is C11H10F6O2. The molecule has 1 aromatic carbocycles. The van der Waals surface area contributed by atoms with Gasteiger partial charge in [0.25, 0.3) is 5.60 Å². The number of aryl methyl sites for hydroxylation is 2.